The third kappa shape index (κ3) is 3.00. The summed E-state index contributed by atoms with van der Waals surface area (Å²) in [5.74, 6) is 0.202. The van der Waals surface area contributed by atoms with E-state index in [0.29, 0.717) is 6.04 Å². The Bertz CT molecular complexity index is 388. The number of amides is 1. The summed E-state index contributed by atoms with van der Waals surface area (Å²) in [6.45, 7) is 3.09. The zero-order valence-electron chi connectivity index (χ0n) is 10.2. The van der Waals surface area contributed by atoms with Gasteiger partial charge in [-0.2, -0.15) is 0 Å². The number of halogens is 1. The number of likely N-dealkylation sites (tertiary alicyclic amines) is 1. The van der Waals surface area contributed by atoms with Crippen molar-refractivity contribution in [1.29, 1.82) is 0 Å². The second-order valence-electron chi connectivity index (χ2n) is 4.56. The predicted octanol–water partition coefficient (Wildman–Crippen LogP) is 3.70. The fraction of sp³-hybridized carbons (Fsp3) is 0.500. The van der Waals surface area contributed by atoms with Crippen LogP contribution in [0.1, 0.15) is 43.0 Å². The molecule has 0 spiro atoms. The molecule has 1 atom stereocenters. The Morgan fingerprint density at radius 3 is 2.71 bits per heavy atom. The van der Waals surface area contributed by atoms with Gasteiger partial charge in [-0.25, -0.2) is 0 Å². The standard InChI is InChI=1S/C14H18INO/c1-2-13-5-3-4-10-16(13)14(17)11-6-8-12(15)9-7-11/h6-9,13H,2-5,10H2,1H3. The number of carbonyl (C=O) groups is 1. The molecule has 1 amide bonds. The fourth-order valence-electron chi connectivity index (χ4n) is 2.45. The van der Waals surface area contributed by atoms with Crippen LogP contribution in [0.3, 0.4) is 0 Å². The monoisotopic (exact) mass is 343 g/mol. The van der Waals surface area contributed by atoms with Gasteiger partial charge in [-0.05, 0) is 72.5 Å². The van der Waals surface area contributed by atoms with Gasteiger partial charge in [-0.3, -0.25) is 4.79 Å². The second-order valence-corrected chi connectivity index (χ2v) is 5.81. The van der Waals surface area contributed by atoms with Gasteiger partial charge in [0.2, 0.25) is 0 Å². The molecule has 2 nitrogen and oxygen atoms in total. The fourth-order valence-corrected chi connectivity index (χ4v) is 2.81. The van der Waals surface area contributed by atoms with Gasteiger partial charge in [0.15, 0.2) is 0 Å². The topological polar surface area (TPSA) is 20.3 Å². The summed E-state index contributed by atoms with van der Waals surface area (Å²) < 4.78 is 1.17. The Hall–Kier alpha value is -0.580. The third-order valence-electron chi connectivity index (χ3n) is 3.45. The van der Waals surface area contributed by atoms with Crippen molar-refractivity contribution in [2.75, 3.05) is 6.54 Å². The molecule has 0 saturated carbocycles. The zero-order valence-corrected chi connectivity index (χ0v) is 12.3. The van der Waals surface area contributed by atoms with E-state index in [0.717, 1.165) is 31.4 Å². The zero-order chi connectivity index (χ0) is 12.3. The van der Waals surface area contributed by atoms with Crippen LogP contribution in [0.4, 0.5) is 0 Å². The lowest BCUT2D eigenvalue weighted by Gasteiger charge is -2.35. The summed E-state index contributed by atoms with van der Waals surface area (Å²) in [5, 5.41) is 0. The van der Waals surface area contributed by atoms with E-state index in [4.69, 9.17) is 0 Å². The highest BCUT2D eigenvalue weighted by Crippen LogP contribution is 2.22. The molecule has 1 aromatic rings. The first-order valence-electron chi connectivity index (χ1n) is 6.29. The van der Waals surface area contributed by atoms with Crippen LogP contribution in [-0.2, 0) is 0 Å². The Morgan fingerprint density at radius 2 is 2.06 bits per heavy atom. The number of rotatable bonds is 2. The van der Waals surface area contributed by atoms with Crippen LogP contribution in [0, 0.1) is 3.57 Å². The summed E-state index contributed by atoms with van der Waals surface area (Å²) in [6, 6.07) is 8.31. The van der Waals surface area contributed by atoms with Gasteiger partial charge in [0, 0.05) is 21.7 Å². The van der Waals surface area contributed by atoms with E-state index in [2.05, 4.69) is 34.4 Å². The van der Waals surface area contributed by atoms with Crippen molar-refractivity contribution in [3.05, 3.63) is 33.4 Å². The molecular weight excluding hydrogens is 325 g/mol. The summed E-state index contributed by atoms with van der Waals surface area (Å²) in [7, 11) is 0. The lowest BCUT2D eigenvalue weighted by atomic mass is 9.99. The molecule has 17 heavy (non-hydrogen) atoms. The smallest absolute Gasteiger partial charge is 0.254 e. The highest BCUT2D eigenvalue weighted by molar-refractivity contribution is 14.1. The maximum Gasteiger partial charge on any atom is 0.254 e. The summed E-state index contributed by atoms with van der Waals surface area (Å²) in [5.41, 5.74) is 0.825. The van der Waals surface area contributed by atoms with E-state index in [9.17, 15) is 4.79 Å². The Morgan fingerprint density at radius 1 is 1.35 bits per heavy atom. The van der Waals surface area contributed by atoms with Crippen LogP contribution in [0.5, 0.6) is 0 Å². The van der Waals surface area contributed by atoms with E-state index < -0.39 is 0 Å². The van der Waals surface area contributed by atoms with Crippen LogP contribution < -0.4 is 0 Å². The Balaban J connectivity index is 2.15. The average molecular weight is 343 g/mol. The van der Waals surface area contributed by atoms with E-state index >= 15 is 0 Å². The number of hydrogen-bond acceptors (Lipinski definition) is 1. The average Bonchev–Trinajstić information content (AvgIpc) is 2.39. The lowest BCUT2D eigenvalue weighted by molar-refractivity contribution is 0.0608. The number of hydrogen-bond donors (Lipinski definition) is 0. The predicted molar refractivity (Wildman–Crippen MR) is 78.1 cm³/mol. The van der Waals surface area contributed by atoms with E-state index in [-0.39, 0.29) is 5.91 Å². The number of benzene rings is 1. The minimum atomic E-state index is 0.202. The van der Waals surface area contributed by atoms with E-state index in [1.54, 1.807) is 0 Å². The highest BCUT2D eigenvalue weighted by Gasteiger charge is 2.25. The summed E-state index contributed by atoms with van der Waals surface area (Å²) in [4.78, 5) is 14.5. The van der Waals surface area contributed by atoms with Crippen molar-refractivity contribution in [3.63, 3.8) is 0 Å². The molecule has 1 fully saturated rings. The number of nitrogens with zero attached hydrogens (tertiary/aromatic N) is 1. The van der Waals surface area contributed by atoms with Gasteiger partial charge in [0.1, 0.15) is 0 Å². The van der Waals surface area contributed by atoms with Crippen molar-refractivity contribution < 1.29 is 4.79 Å². The van der Waals surface area contributed by atoms with Crippen LogP contribution in [0.2, 0.25) is 0 Å². The van der Waals surface area contributed by atoms with Gasteiger partial charge in [-0.15, -0.1) is 0 Å². The first-order chi connectivity index (χ1) is 8.22. The van der Waals surface area contributed by atoms with Crippen molar-refractivity contribution in [3.8, 4) is 0 Å². The second kappa shape index (κ2) is 5.85. The minimum absolute atomic E-state index is 0.202. The lowest BCUT2D eigenvalue weighted by Crippen LogP contribution is -2.43. The molecular formula is C14H18INO. The molecule has 0 aliphatic carbocycles. The first-order valence-corrected chi connectivity index (χ1v) is 7.36. The van der Waals surface area contributed by atoms with Crippen LogP contribution in [0.15, 0.2) is 24.3 Å². The largest absolute Gasteiger partial charge is 0.336 e. The molecule has 0 radical (unpaired) electrons. The molecule has 1 aromatic carbocycles. The molecule has 1 aliphatic rings. The van der Waals surface area contributed by atoms with Crippen molar-refractivity contribution >= 4 is 28.5 Å². The van der Waals surface area contributed by atoms with Crippen molar-refractivity contribution in [2.24, 2.45) is 0 Å². The minimum Gasteiger partial charge on any atom is -0.336 e. The van der Waals surface area contributed by atoms with Gasteiger partial charge in [0.05, 0.1) is 0 Å². The third-order valence-corrected chi connectivity index (χ3v) is 4.17. The molecule has 1 heterocycles. The Labute approximate surface area is 117 Å². The van der Waals surface area contributed by atoms with Crippen LogP contribution in [0.25, 0.3) is 0 Å². The summed E-state index contributed by atoms with van der Waals surface area (Å²) >= 11 is 2.26. The molecule has 0 aromatic heterocycles. The van der Waals surface area contributed by atoms with E-state index in [1.807, 2.05) is 24.3 Å². The van der Waals surface area contributed by atoms with Gasteiger partial charge in [-0.1, -0.05) is 6.92 Å². The number of carbonyl (C=O) groups excluding carboxylic acids is 1. The maximum absolute atomic E-state index is 12.4. The molecule has 2 rings (SSSR count). The quantitative estimate of drug-likeness (QED) is 0.750. The molecule has 0 N–H and O–H groups in total. The van der Waals surface area contributed by atoms with Crippen molar-refractivity contribution in [1.82, 2.24) is 4.90 Å². The molecule has 0 bridgehead atoms. The van der Waals surface area contributed by atoms with Gasteiger partial charge in [0.25, 0.3) is 5.91 Å². The number of piperidine rings is 1. The Kier molecular flexibility index (Phi) is 4.42. The molecule has 92 valence electrons. The van der Waals surface area contributed by atoms with Gasteiger partial charge < -0.3 is 4.90 Å². The molecule has 1 aliphatic heterocycles. The molecule has 1 unspecified atom stereocenters. The first kappa shape index (κ1) is 12.9. The highest BCUT2D eigenvalue weighted by atomic mass is 127. The normalized spacial score (nSPS) is 20.4. The summed E-state index contributed by atoms with van der Waals surface area (Å²) in [6.07, 6.45) is 4.63. The molecule has 3 heteroatoms. The van der Waals surface area contributed by atoms with Crippen LogP contribution >= 0.6 is 22.6 Å². The maximum atomic E-state index is 12.4. The van der Waals surface area contributed by atoms with E-state index in [1.165, 1.54) is 9.99 Å². The van der Waals surface area contributed by atoms with Gasteiger partial charge >= 0.3 is 0 Å². The van der Waals surface area contributed by atoms with Crippen LogP contribution in [-0.4, -0.2) is 23.4 Å². The molecule has 1 saturated heterocycles. The SMILES string of the molecule is CCC1CCCCN1C(=O)c1ccc(I)cc1. The van der Waals surface area contributed by atoms with Crippen molar-refractivity contribution in [2.45, 2.75) is 38.6 Å².